The van der Waals surface area contributed by atoms with E-state index in [0.717, 1.165) is 11.1 Å². The Morgan fingerprint density at radius 3 is 2.53 bits per heavy atom. The first kappa shape index (κ1) is 11.9. The number of aromatic nitrogens is 1. The minimum Gasteiger partial charge on any atom is -0.452 e. The van der Waals surface area contributed by atoms with Gasteiger partial charge in [0.05, 0.1) is 17.4 Å². The van der Waals surface area contributed by atoms with Gasteiger partial charge in [-0.2, -0.15) is 0 Å². The van der Waals surface area contributed by atoms with Crippen LogP contribution in [0.4, 0.5) is 5.88 Å². The van der Waals surface area contributed by atoms with Crippen LogP contribution in [0.1, 0.15) is 5.56 Å². The lowest BCUT2D eigenvalue weighted by Crippen LogP contribution is -1.87. The number of hydrogen-bond donors (Lipinski definition) is 1. The van der Waals surface area contributed by atoms with E-state index in [-0.39, 0.29) is 11.1 Å². The number of halogens is 1. The van der Waals surface area contributed by atoms with Crippen molar-refractivity contribution in [1.29, 1.82) is 0 Å². The summed E-state index contributed by atoms with van der Waals surface area (Å²) in [6, 6.07) is 9.67. The van der Waals surface area contributed by atoms with Crippen molar-refractivity contribution in [2.24, 2.45) is 0 Å². The molecule has 0 aliphatic rings. The van der Waals surface area contributed by atoms with Gasteiger partial charge in [0.1, 0.15) is 5.69 Å². The molecule has 4 nitrogen and oxygen atoms in total. The zero-order chi connectivity index (χ0) is 13.4. The van der Waals surface area contributed by atoms with Crippen molar-refractivity contribution in [3.8, 4) is 22.4 Å². The van der Waals surface area contributed by atoms with Crippen molar-refractivity contribution in [2.75, 3.05) is 5.73 Å². The van der Waals surface area contributed by atoms with E-state index in [1.165, 1.54) is 11.8 Å². The quantitative estimate of drug-likeness (QED) is 0.762. The summed E-state index contributed by atoms with van der Waals surface area (Å²) in [7, 11) is 0. The summed E-state index contributed by atoms with van der Waals surface area (Å²) in [5.41, 5.74) is 9.93. The van der Waals surface area contributed by atoms with Crippen LogP contribution >= 0.6 is 11.6 Å². The molecule has 2 N–H and O–H groups in total. The maximum atomic E-state index is 5.98. The molecule has 0 amide bonds. The van der Waals surface area contributed by atoms with Crippen LogP contribution in [-0.4, -0.2) is 5.16 Å². The highest BCUT2D eigenvalue weighted by atomic mass is 35.5. The second-order valence-electron chi connectivity index (χ2n) is 4.24. The molecule has 0 aliphatic carbocycles. The van der Waals surface area contributed by atoms with Crippen LogP contribution in [0.2, 0.25) is 5.22 Å². The first-order valence-electron chi connectivity index (χ1n) is 5.72. The fourth-order valence-corrected chi connectivity index (χ4v) is 2.15. The average molecular weight is 275 g/mol. The van der Waals surface area contributed by atoms with Crippen LogP contribution in [0.15, 0.2) is 45.5 Å². The van der Waals surface area contributed by atoms with E-state index in [9.17, 15) is 0 Å². The Hall–Kier alpha value is -2.20. The minimum absolute atomic E-state index is 0.260. The maximum Gasteiger partial charge on any atom is 0.230 e. The third-order valence-electron chi connectivity index (χ3n) is 2.93. The monoisotopic (exact) mass is 274 g/mol. The third-order valence-corrected chi connectivity index (χ3v) is 3.22. The molecule has 19 heavy (non-hydrogen) atoms. The molecule has 96 valence electrons. The van der Waals surface area contributed by atoms with Gasteiger partial charge >= 0.3 is 0 Å². The number of hydrogen-bond acceptors (Lipinski definition) is 4. The van der Waals surface area contributed by atoms with Gasteiger partial charge in [-0.15, -0.1) is 0 Å². The molecular weight excluding hydrogens is 264 g/mol. The van der Waals surface area contributed by atoms with Crippen molar-refractivity contribution < 1.29 is 8.94 Å². The summed E-state index contributed by atoms with van der Waals surface area (Å²) in [5, 5.41) is 4.24. The Balaban J connectivity index is 2.19. The molecule has 0 bridgehead atoms. The van der Waals surface area contributed by atoms with Gasteiger partial charge in [0.2, 0.25) is 11.1 Å². The molecule has 0 saturated heterocycles. The summed E-state index contributed by atoms with van der Waals surface area (Å²) in [6.07, 6.45) is 1.50. The van der Waals surface area contributed by atoms with Crippen LogP contribution in [0, 0.1) is 6.92 Å². The Bertz CT molecular complexity index is 713. The van der Waals surface area contributed by atoms with E-state index in [1.54, 1.807) is 6.07 Å². The van der Waals surface area contributed by atoms with Crippen molar-refractivity contribution in [3.05, 3.63) is 47.4 Å². The second-order valence-corrected chi connectivity index (χ2v) is 4.59. The fourth-order valence-electron chi connectivity index (χ4n) is 1.95. The molecule has 0 unspecified atom stereocenters. The smallest absolute Gasteiger partial charge is 0.230 e. The molecule has 0 atom stereocenters. The molecule has 0 aliphatic heterocycles. The lowest BCUT2D eigenvalue weighted by atomic mass is 10.0. The van der Waals surface area contributed by atoms with Gasteiger partial charge in [-0.3, -0.25) is 0 Å². The number of benzene rings is 1. The molecule has 0 fully saturated rings. The molecule has 2 aromatic heterocycles. The first-order chi connectivity index (χ1) is 9.16. The number of nitrogens with zero attached hydrogens (tertiary/aromatic N) is 1. The van der Waals surface area contributed by atoms with E-state index >= 15 is 0 Å². The molecule has 0 saturated carbocycles. The van der Waals surface area contributed by atoms with Crippen molar-refractivity contribution in [3.63, 3.8) is 0 Å². The lowest BCUT2D eigenvalue weighted by molar-refractivity contribution is 0.439. The Morgan fingerprint density at radius 1 is 1.16 bits per heavy atom. The molecule has 5 heteroatoms. The minimum atomic E-state index is 0.260. The Labute approximate surface area is 114 Å². The number of nitrogens with two attached hydrogens (primary N) is 1. The number of rotatable bonds is 2. The molecule has 3 rings (SSSR count). The van der Waals surface area contributed by atoms with Crippen LogP contribution in [0.3, 0.4) is 0 Å². The lowest BCUT2D eigenvalue weighted by Gasteiger charge is -2.02. The van der Waals surface area contributed by atoms with Crippen LogP contribution in [0.25, 0.3) is 22.4 Å². The molecule has 0 spiro atoms. The highest BCUT2D eigenvalue weighted by Crippen LogP contribution is 2.39. The SMILES string of the molecule is Cc1ccc(-c2c(-c3ccoc3Cl)noc2N)cc1. The van der Waals surface area contributed by atoms with Crippen molar-refractivity contribution >= 4 is 17.5 Å². The number of furan rings is 1. The van der Waals surface area contributed by atoms with Gasteiger partial charge in [0.15, 0.2) is 0 Å². The van der Waals surface area contributed by atoms with Gasteiger partial charge in [-0.05, 0) is 30.2 Å². The van der Waals surface area contributed by atoms with Gasteiger partial charge < -0.3 is 14.7 Å². The predicted octanol–water partition coefficient (Wildman–Crippen LogP) is 4.15. The largest absolute Gasteiger partial charge is 0.452 e. The normalized spacial score (nSPS) is 10.8. The average Bonchev–Trinajstić information content (AvgIpc) is 2.97. The summed E-state index contributed by atoms with van der Waals surface area (Å²) >= 11 is 5.98. The summed E-state index contributed by atoms with van der Waals surface area (Å²) in [5.74, 6) is 0.260. The summed E-state index contributed by atoms with van der Waals surface area (Å²) in [4.78, 5) is 0. The third kappa shape index (κ3) is 2.00. The first-order valence-corrected chi connectivity index (χ1v) is 6.10. The van der Waals surface area contributed by atoms with E-state index in [2.05, 4.69) is 5.16 Å². The molecule has 3 aromatic rings. The van der Waals surface area contributed by atoms with E-state index < -0.39 is 0 Å². The van der Waals surface area contributed by atoms with E-state index in [1.807, 2.05) is 31.2 Å². The second kappa shape index (κ2) is 4.48. The topological polar surface area (TPSA) is 65.2 Å². The predicted molar refractivity (Wildman–Crippen MR) is 73.8 cm³/mol. The van der Waals surface area contributed by atoms with Gasteiger partial charge in [-0.25, -0.2) is 0 Å². The number of anilines is 1. The zero-order valence-corrected chi connectivity index (χ0v) is 10.9. The summed E-state index contributed by atoms with van der Waals surface area (Å²) < 4.78 is 10.2. The van der Waals surface area contributed by atoms with E-state index in [4.69, 9.17) is 26.3 Å². The zero-order valence-electron chi connectivity index (χ0n) is 10.2. The number of aryl methyl sites for hydroxylation is 1. The number of nitrogen functional groups attached to an aromatic ring is 1. The van der Waals surface area contributed by atoms with Gasteiger partial charge in [0.25, 0.3) is 0 Å². The maximum absolute atomic E-state index is 5.98. The van der Waals surface area contributed by atoms with Crippen LogP contribution in [-0.2, 0) is 0 Å². The standard InChI is InChI=1S/C14H11ClN2O2/c1-8-2-4-9(5-3-8)11-12(17-19-14(11)16)10-6-7-18-13(10)15/h2-7H,16H2,1H3. The van der Waals surface area contributed by atoms with Gasteiger partial charge in [0, 0.05) is 0 Å². The highest BCUT2D eigenvalue weighted by Gasteiger charge is 2.20. The summed E-state index contributed by atoms with van der Waals surface area (Å²) in [6.45, 7) is 2.02. The Kier molecular flexibility index (Phi) is 2.80. The van der Waals surface area contributed by atoms with Crippen molar-refractivity contribution in [2.45, 2.75) is 6.92 Å². The fraction of sp³-hybridized carbons (Fsp3) is 0.0714. The molecule has 0 radical (unpaired) electrons. The van der Waals surface area contributed by atoms with Crippen LogP contribution < -0.4 is 5.73 Å². The van der Waals surface area contributed by atoms with Crippen molar-refractivity contribution in [1.82, 2.24) is 5.16 Å². The Morgan fingerprint density at radius 2 is 1.89 bits per heavy atom. The van der Waals surface area contributed by atoms with E-state index in [0.29, 0.717) is 11.3 Å². The van der Waals surface area contributed by atoms with Crippen LogP contribution in [0.5, 0.6) is 0 Å². The van der Waals surface area contributed by atoms with Gasteiger partial charge in [-0.1, -0.05) is 35.0 Å². The molecular formula is C14H11ClN2O2. The highest BCUT2D eigenvalue weighted by molar-refractivity contribution is 6.31. The molecule has 1 aromatic carbocycles. The molecule has 2 heterocycles.